The normalized spacial score (nSPS) is 16.6. The van der Waals surface area contributed by atoms with Gasteiger partial charge in [-0.05, 0) is 98.2 Å². The number of H-pyrrole nitrogens is 1. The minimum atomic E-state index is -0.499. The van der Waals surface area contributed by atoms with Crippen molar-refractivity contribution in [3.63, 3.8) is 0 Å². The fraction of sp³-hybridized carbons (Fsp3) is 0.484. The van der Waals surface area contributed by atoms with Crippen LogP contribution in [0.2, 0.25) is 0 Å². The van der Waals surface area contributed by atoms with Crippen LogP contribution in [0, 0.1) is 13.8 Å². The van der Waals surface area contributed by atoms with Gasteiger partial charge in [0, 0.05) is 25.3 Å². The third-order valence-electron chi connectivity index (χ3n) is 8.17. The van der Waals surface area contributed by atoms with Gasteiger partial charge in [-0.2, -0.15) is 0 Å². The third-order valence-corrected chi connectivity index (χ3v) is 8.17. The van der Waals surface area contributed by atoms with Crippen LogP contribution in [0.1, 0.15) is 74.2 Å². The standard InChI is InChI=1S/C31H40N6O3/c1-7-31(4,5)37-29(33-34-35-37)28(26-17-23-16-20(2)15-21(3)27(23)32-30(26)38)36(19-25-9-8-14-40-25)18-22-10-12-24(39-6)13-11-22/h10-13,15-17,25,28H,7-9,14,18-19H2,1-6H3,(H,32,38)/t25-,28-/m0/s1. The Labute approximate surface area is 235 Å². The number of nitrogens with zero attached hydrogens (tertiary/aromatic N) is 5. The number of rotatable bonds is 10. The minimum Gasteiger partial charge on any atom is -0.497 e. The van der Waals surface area contributed by atoms with Crippen molar-refractivity contribution in [2.24, 2.45) is 0 Å². The number of tetrazole rings is 1. The minimum absolute atomic E-state index is 0.0632. The Balaban J connectivity index is 1.70. The molecule has 5 rings (SSSR count). The number of aryl methyl sites for hydroxylation is 2. The largest absolute Gasteiger partial charge is 0.497 e. The Bertz CT molecular complexity index is 1520. The van der Waals surface area contributed by atoms with Crippen LogP contribution in [0.15, 0.2) is 47.3 Å². The molecule has 0 unspecified atom stereocenters. The first-order chi connectivity index (χ1) is 19.2. The van der Waals surface area contributed by atoms with E-state index in [4.69, 9.17) is 9.47 Å². The lowest BCUT2D eigenvalue weighted by molar-refractivity contribution is 0.0562. The number of hydrogen-bond donors (Lipinski definition) is 1. The molecule has 1 saturated heterocycles. The first kappa shape index (κ1) is 28.0. The zero-order valence-electron chi connectivity index (χ0n) is 24.4. The van der Waals surface area contributed by atoms with E-state index in [0.29, 0.717) is 24.5 Å². The Morgan fingerprint density at radius 2 is 1.98 bits per heavy atom. The molecule has 0 bridgehead atoms. The van der Waals surface area contributed by atoms with Crippen LogP contribution in [0.3, 0.4) is 0 Å². The number of methoxy groups -OCH3 is 1. The molecule has 1 fully saturated rings. The van der Waals surface area contributed by atoms with E-state index in [1.165, 1.54) is 0 Å². The Morgan fingerprint density at radius 3 is 2.65 bits per heavy atom. The number of pyridine rings is 1. The van der Waals surface area contributed by atoms with Gasteiger partial charge in [0.05, 0.1) is 24.3 Å². The van der Waals surface area contributed by atoms with Crippen LogP contribution < -0.4 is 10.3 Å². The lowest BCUT2D eigenvalue weighted by Crippen LogP contribution is -2.41. The second-order valence-corrected chi connectivity index (χ2v) is 11.5. The molecule has 0 radical (unpaired) electrons. The second-order valence-electron chi connectivity index (χ2n) is 11.5. The van der Waals surface area contributed by atoms with E-state index in [1.54, 1.807) is 7.11 Å². The summed E-state index contributed by atoms with van der Waals surface area (Å²) in [5, 5.41) is 14.1. The molecule has 2 aromatic heterocycles. The molecule has 9 heteroatoms. The number of fused-ring (bicyclic) bond motifs is 1. The predicted molar refractivity (Wildman–Crippen MR) is 156 cm³/mol. The fourth-order valence-corrected chi connectivity index (χ4v) is 5.63. The molecule has 212 valence electrons. The van der Waals surface area contributed by atoms with Crippen LogP contribution in [0.25, 0.3) is 10.9 Å². The maximum absolute atomic E-state index is 13.9. The predicted octanol–water partition coefficient (Wildman–Crippen LogP) is 5.06. The van der Waals surface area contributed by atoms with Crippen LogP contribution >= 0.6 is 0 Å². The number of ether oxygens (including phenoxy) is 2. The van der Waals surface area contributed by atoms with Crippen molar-refractivity contribution < 1.29 is 9.47 Å². The molecule has 2 aromatic carbocycles. The van der Waals surface area contributed by atoms with Crippen molar-refractivity contribution in [1.29, 1.82) is 0 Å². The highest BCUT2D eigenvalue weighted by atomic mass is 16.5. The maximum Gasteiger partial charge on any atom is 0.253 e. The summed E-state index contributed by atoms with van der Waals surface area (Å²) in [6, 6.07) is 13.8. The zero-order valence-corrected chi connectivity index (χ0v) is 24.4. The first-order valence-corrected chi connectivity index (χ1v) is 14.1. The van der Waals surface area contributed by atoms with Gasteiger partial charge in [0.25, 0.3) is 5.56 Å². The van der Waals surface area contributed by atoms with E-state index in [-0.39, 0.29) is 17.2 Å². The summed E-state index contributed by atoms with van der Waals surface area (Å²) in [5.74, 6) is 1.45. The number of nitrogens with one attached hydrogen (secondary N) is 1. The van der Waals surface area contributed by atoms with Gasteiger partial charge in [-0.3, -0.25) is 9.69 Å². The number of aromatic nitrogens is 5. The van der Waals surface area contributed by atoms with Gasteiger partial charge < -0.3 is 14.5 Å². The average molecular weight is 545 g/mol. The van der Waals surface area contributed by atoms with Gasteiger partial charge in [-0.1, -0.05) is 30.7 Å². The van der Waals surface area contributed by atoms with Crippen molar-refractivity contribution in [3.8, 4) is 5.75 Å². The molecular weight excluding hydrogens is 504 g/mol. The molecule has 1 N–H and O–H groups in total. The zero-order chi connectivity index (χ0) is 28.4. The SMILES string of the molecule is CCC(C)(C)n1nnnc1[C@H](c1cc2cc(C)cc(C)c2[nH]c1=O)N(Cc1ccc(OC)cc1)C[C@@H]1CCCO1. The lowest BCUT2D eigenvalue weighted by atomic mass is 9.97. The van der Waals surface area contributed by atoms with E-state index in [2.05, 4.69) is 77.4 Å². The molecule has 1 aliphatic heterocycles. The summed E-state index contributed by atoms with van der Waals surface area (Å²) in [6.45, 7) is 12.4. The monoisotopic (exact) mass is 544 g/mol. The molecule has 0 aliphatic carbocycles. The summed E-state index contributed by atoms with van der Waals surface area (Å²) in [5.41, 5.74) is 4.28. The molecule has 1 aliphatic rings. The average Bonchev–Trinajstić information content (AvgIpc) is 3.63. The summed E-state index contributed by atoms with van der Waals surface area (Å²) < 4.78 is 13.4. The summed E-state index contributed by atoms with van der Waals surface area (Å²) in [7, 11) is 1.67. The molecule has 3 heterocycles. The van der Waals surface area contributed by atoms with Gasteiger partial charge >= 0.3 is 0 Å². The van der Waals surface area contributed by atoms with Gasteiger partial charge in [0.2, 0.25) is 0 Å². The maximum atomic E-state index is 13.9. The van der Waals surface area contributed by atoms with Gasteiger partial charge in [-0.25, -0.2) is 4.68 Å². The molecule has 2 atom stereocenters. The van der Waals surface area contributed by atoms with E-state index < -0.39 is 6.04 Å². The van der Waals surface area contributed by atoms with E-state index >= 15 is 0 Å². The quantitative estimate of drug-likeness (QED) is 0.298. The van der Waals surface area contributed by atoms with E-state index in [1.807, 2.05) is 29.8 Å². The van der Waals surface area contributed by atoms with Crippen LogP contribution in [0.4, 0.5) is 0 Å². The van der Waals surface area contributed by atoms with Crippen molar-refractivity contribution in [1.82, 2.24) is 30.1 Å². The smallest absolute Gasteiger partial charge is 0.253 e. The Hall–Kier alpha value is -3.56. The number of aromatic amines is 1. The van der Waals surface area contributed by atoms with Crippen molar-refractivity contribution in [2.75, 3.05) is 20.3 Å². The molecule has 0 spiro atoms. The molecule has 4 aromatic rings. The second kappa shape index (κ2) is 11.5. The molecule has 0 saturated carbocycles. The first-order valence-electron chi connectivity index (χ1n) is 14.1. The topological polar surface area (TPSA) is 98.2 Å². The van der Waals surface area contributed by atoms with Gasteiger partial charge in [-0.15, -0.1) is 5.10 Å². The summed E-state index contributed by atoms with van der Waals surface area (Å²) in [4.78, 5) is 19.4. The molecule has 0 amide bonds. The Kier molecular flexibility index (Phi) is 8.05. The fourth-order valence-electron chi connectivity index (χ4n) is 5.63. The summed E-state index contributed by atoms with van der Waals surface area (Å²) in [6.07, 6.45) is 2.90. The third kappa shape index (κ3) is 5.67. The highest BCUT2D eigenvalue weighted by Crippen LogP contribution is 2.33. The van der Waals surface area contributed by atoms with Crippen LogP contribution in [0.5, 0.6) is 5.75 Å². The van der Waals surface area contributed by atoms with E-state index in [0.717, 1.165) is 59.2 Å². The van der Waals surface area contributed by atoms with Crippen molar-refractivity contribution >= 4 is 10.9 Å². The van der Waals surface area contributed by atoms with Crippen LogP contribution in [-0.2, 0) is 16.8 Å². The molecular formula is C31H40N6O3. The number of hydrogen-bond acceptors (Lipinski definition) is 7. The molecule has 40 heavy (non-hydrogen) atoms. The Morgan fingerprint density at radius 1 is 1.20 bits per heavy atom. The highest BCUT2D eigenvalue weighted by molar-refractivity contribution is 5.83. The summed E-state index contributed by atoms with van der Waals surface area (Å²) >= 11 is 0. The van der Waals surface area contributed by atoms with Crippen LogP contribution in [-0.4, -0.2) is 56.5 Å². The highest BCUT2D eigenvalue weighted by Gasteiger charge is 2.36. The molecule has 9 nitrogen and oxygen atoms in total. The van der Waals surface area contributed by atoms with E-state index in [9.17, 15) is 4.79 Å². The number of benzene rings is 2. The van der Waals surface area contributed by atoms with Gasteiger partial charge in [0.15, 0.2) is 5.82 Å². The van der Waals surface area contributed by atoms with Crippen molar-refractivity contribution in [3.05, 3.63) is 80.9 Å². The van der Waals surface area contributed by atoms with Gasteiger partial charge in [0.1, 0.15) is 11.8 Å². The van der Waals surface area contributed by atoms with Crippen molar-refractivity contribution in [2.45, 2.75) is 78.1 Å². The lowest BCUT2D eigenvalue weighted by Gasteiger charge is -2.35.